The summed E-state index contributed by atoms with van der Waals surface area (Å²) in [5, 5.41) is 0. The van der Waals surface area contributed by atoms with Gasteiger partial charge in [0.2, 0.25) is 0 Å². The lowest BCUT2D eigenvalue weighted by molar-refractivity contribution is 0.0535. The molecule has 0 aromatic carbocycles. The summed E-state index contributed by atoms with van der Waals surface area (Å²) in [4.78, 5) is 5.75. The molecule has 2 unspecified atom stereocenters. The van der Waals surface area contributed by atoms with Crippen molar-refractivity contribution in [2.45, 2.75) is 45.1 Å². The van der Waals surface area contributed by atoms with Crippen molar-refractivity contribution >= 4 is 17.2 Å². The van der Waals surface area contributed by atoms with E-state index in [1.807, 2.05) is 0 Å². The molecule has 18 heavy (non-hydrogen) atoms. The molecular weight excluding hydrogens is 242 g/mol. The highest BCUT2D eigenvalue weighted by molar-refractivity contribution is 7.80. The molecule has 1 saturated heterocycles. The summed E-state index contributed by atoms with van der Waals surface area (Å²) >= 11 is 4.99. The summed E-state index contributed by atoms with van der Waals surface area (Å²) < 4.78 is 0. The van der Waals surface area contributed by atoms with E-state index in [1.165, 1.54) is 45.2 Å². The van der Waals surface area contributed by atoms with Crippen molar-refractivity contribution < 1.29 is 0 Å². The van der Waals surface area contributed by atoms with Crippen LogP contribution in [0.3, 0.4) is 0 Å². The second-order valence-electron chi connectivity index (χ2n) is 5.80. The molecule has 2 aliphatic rings. The van der Waals surface area contributed by atoms with Gasteiger partial charge in [-0.2, -0.15) is 0 Å². The quantitative estimate of drug-likeness (QED) is 0.790. The van der Waals surface area contributed by atoms with Crippen LogP contribution in [0.25, 0.3) is 0 Å². The Bertz CT molecular complexity index is 274. The van der Waals surface area contributed by atoms with Crippen molar-refractivity contribution in [3.05, 3.63) is 0 Å². The molecule has 0 aromatic heterocycles. The molecule has 4 heteroatoms. The summed E-state index contributed by atoms with van der Waals surface area (Å²) in [6, 6.07) is 0.843. The zero-order chi connectivity index (χ0) is 13.0. The third kappa shape index (κ3) is 3.65. The Labute approximate surface area is 117 Å². The summed E-state index contributed by atoms with van der Waals surface area (Å²) in [5.41, 5.74) is 5.62. The maximum atomic E-state index is 5.62. The fraction of sp³-hybridized carbons (Fsp3) is 0.929. The van der Waals surface area contributed by atoms with Crippen LogP contribution in [0.4, 0.5) is 0 Å². The first-order valence-corrected chi connectivity index (χ1v) is 7.86. The lowest BCUT2D eigenvalue weighted by Crippen LogP contribution is -2.54. The molecule has 1 aliphatic carbocycles. The predicted octanol–water partition coefficient (Wildman–Crippen LogP) is 1.86. The average molecular weight is 269 g/mol. The highest BCUT2D eigenvalue weighted by Gasteiger charge is 2.30. The monoisotopic (exact) mass is 269 g/mol. The fourth-order valence-electron chi connectivity index (χ4n) is 3.62. The fourth-order valence-corrected chi connectivity index (χ4v) is 3.80. The van der Waals surface area contributed by atoms with Crippen molar-refractivity contribution in [2.24, 2.45) is 11.7 Å². The standard InChI is InChI=1S/C14H27N3S/c1-2-12-5-3-4-6-13(12)17-9-7-16(8-10-17)11-14(15)18/h12-13H,2-11H2,1H3,(H2,15,18). The largest absolute Gasteiger partial charge is 0.392 e. The van der Waals surface area contributed by atoms with Gasteiger partial charge in [-0.05, 0) is 18.8 Å². The van der Waals surface area contributed by atoms with Crippen LogP contribution in [-0.2, 0) is 0 Å². The first-order valence-electron chi connectivity index (χ1n) is 7.45. The highest BCUT2D eigenvalue weighted by atomic mass is 32.1. The van der Waals surface area contributed by atoms with E-state index in [9.17, 15) is 0 Å². The van der Waals surface area contributed by atoms with Crippen LogP contribution in [0.1, 0.15) is 39.0 Å². The van der Waals surface area contributed by atoms with E-state index in [2.05, 4.69) is 16.7 Å². The van der Waals surface area contributed by atoms with Crippen LogP contribution in [0.2, 0.25) is 0 Å². The molecule has 2 N–H and O–H groups in total. The molecule has 1 aliphatic heterocycles. The Balaban J connectivity index is 1.82. The Kier molecular flexibility index (Phi) is 5.39. The number of hydrogen-bond acceptors (Lipinski definition) is 3. The molecule has 2 rings (SSSR count). The Morgan fingerprint density at radius 1 is 1.17 bits per heavy atom. The number of rotatable bonds is 4. The van der Waals surface area contributed by atoms with E-state index < -0.39 is 0 Å². The maximum Gasteiger partial charge on any atom is 0.0870 e. The molecular formula is C14H27N3S. The van der Waals surface area contributed by atoms with E-state index in [4.69, 9.17) is 18.0 Å². The number of hydrogen-bond donors (Lipinski definition) is 1. The Morgan fingerprint density at radius 3 is 2.44 bits per heavy atom. The number of thiocarbonyl (C=S) groups is 1. The second kappa shape index (κ2) is 6.83. The Morgan fingerprint density at radius 2 is 1.83 bits per heavy atom. The van der Waals surface area contributed by atoms with Crippen molar-refractivity contribution in [1.29, 1.82) is 0 Å². The Hall–Kier alpha value is -0.190. The topological polar surface area (TPSA) is 32.5 Å². The minimum Gasteiger partial charge on any atom is -0.392 e. The summed E-state index contributed by atoms with van der Waals surface area (Å²) in [5.74, 6) is 0.931. The van der Waals surface area contributed by atoms with Crippen molar-refractivity contribution in [3.63, 3.8) is 0 Å². The predicted molar refractivity (Wildman–Crippen MR) is 80.8 cm³/mol. The van der Waals surface area contributed by atoms with E-state index in [0.717, 1.165) is 31.6 Å². The van der Waals surface area contributed by atoms with E-state index >= 15 is 0 Å². The number of piperazine rings is 1. The zero-order valence-electron chi connectivity index (χ0n) is 11.6. The normalized spacial score (nSPS) is 31.4. The van der Waals surface area contributed by atoms with Gasteiger partial charge in [0.1, 0.15) is 0 Å². The molecule has 0 bridgehead atoms. The van der Waals surface area contributed by atoms with Gasteiger partial charge >= 0.3 is 0 Å². The van der Waals surface area contributed by atoms with Crippen molar-refractivity contribution in [3.8, 4) is 0 Å². The van der Waals surface area contributed by atoms with Crippen LogP contribution in [0.5, 0.6) is 0 Å². The average Bonchev–Trinajstić information content (AvgIpc) is 2.39. The van der Waals surface area contributed by atoms with Gasteiger partial charge in [-0.15, -0.1) is 0 Å². The first-order chi connectivity index (χ1) is 8.70. The van der Waals surface area contributed by atoms with Gasteiger partial charge in [-0.3, -0.25) is 9.80 Å². The van der Waals surface area contributed by atoms with Gasteiger partial charge in [0.25, 0.3) is 0 Å². The smallest absolute Gasteiger partial charge is 0.0870 e. The molecule has 0 aromatic rings. The molecule has 0 spiro atoms. The second-order valence-corrected chi connectivity index (χ2v) is 6.32. The summed E-state index contributed by atoms with van der Waals surface area (Å²) in [6.07, 6.45) is 7.06. The third-order valence-corrected chi connectivity index (χ3v) is 4.78. The molecule has 2 fully saturated rings. The van der Waals surface area contributed by atoms with Gasteiger partial charge in [-0.1, -0.05) is 38.4 Å². The summed E-state index contributed by atoms with van der Waals surface area (Å²) in [6.45, 7) is 7.80. The summed E-state index contributed by atoms with van der Waals surface area (Å²) in [7, 11) is 0. The van der Waals surface area contributed by atoms with Gasteiger partial charge in [0.05, 0.1) is 4.99 Å². The lowest BCUT2D eigenvalue weighted by Gasteiger charge is -2.44. The van der Waals surface area contributed by atoms with Gasteiger partial charge < -0.3 is 5.73 Å². The van der Waals surface area contributed by atoms with Crippen molar-refractivity contribution in [1.82, 2.24) is 9.80 Å². The van der Waals surface area contributed by atoms with Crippen LogP contribution in [0.15, 0.2) is 0 Å². The first kappa shape index (κ1) is 14.2. The SMILES string of the molecule is CCC1CCCCC1N1CCN(CC(N)=S)CC1. The molecule has 3 nitrogen and oxygen atoms in total. The van der Waals surface area contributed by atoms with Crippen LogP contribution in [0, 0.1) is 5.92 Å². The van der Waals surface area contributed by atoms with Gasteiger partial charge in [0, 0.05) is 38.8 Å². The zero-order valence-corrected chi connectivity index (χ0v) is 12.4. The van der Waals surface area contributed by atoms with E-state index in [1.54, 1.807) is 0 Å². The lowest BCUT2D eigenvalue weighted by atomic mass is 9.81. The van der Waals surface area contributed by atoms with Crippen molar-refractivity contribution in [2.75, 3.05) is 32.7 Å². The van der Waals surface area contributed by atoms with Gasteiger partial charge in [0.15, 0.2) is 0 Å². The molecule has 2 atom stereocenters. The van der Waals surface area contributed by atoms with E-state index in [-0.39, 0.29) is 0 Å². The number of nitrogens with two attached hydrogens (primary N) is 1. The van der Waals surface area contributed by atoms with Gasteiger partial charge in [-0.25, -0.2) is 0 Å². The molecule has 0 radical (unpaired) electrons. The highest BCUT2D eigenvalue weighted by Crippen LogP contribution is 2.31. The van der Waals surface area contributed by atoms with Crippen LogP contribution in [-0.4, -0.2) is 53.6 Å². The minimum atomic E-state index is 0.632. The third-order valence-electron chi connectivity index (χ3n) is 4.65. The molecule has 1 heterocycles. The molecule has 1 saturated carbocycles. The maximum absolute atomic E-state index is 5.62. The van der Waals surface area contributed by atoms with Crippen LogP contribution >= 0.6 is 12.2 Å². The minimum absolute atomic E-state index is 0.632. The number of nitrogens with zero attached hydrogens (tertiary/aromatic N) is 2. The van der Waals surface area contributed by atoms with Crippen LogP contribution < -0.4 is 5.73 Å². The molecule has 0 amide bonds. The molecule has 104 valence electrons. The van der Waals surface area contributed by atoms with E-state index in [0.29, 0.717) is 4.99 Å².